The van der Waals surface area contributed by atoms with E-state index < -0.39 is 10.0 Å². The minimum absolute atomic E-state index is 0.209. The van der Waals surface area contributed by atoms with Gasteiger partial charge in [-0.1, -0.05) is 23.7 Å². The van der Waals surface area contributed by atoms with Gasteiger partial charge in [0, 0.05) is 6.61 Å². The molecule has 0 spiro atoms. The fourth-order valence-electron chi connectivity index (χ4n) is 3.33. The highest BCUT2D eigenvalue weighted by molar-refractivity contribution is 7.89. The van der Waals surface area contributed by atoms with E-state index in [0.29, 0.717) is 19.2 Å². The van der Waals surface area contributed by atoms with Gasteiger partial charge in [0.1, 0.15) is 17.5 Å². The number of hydrogen-bond donors (Lipinski definition) is 1. The van der Waals surface area contributed by atoms with Crippen molar-refractivity contribution in [2.24, 2.45) is 0 Å². The summed E-state index contributed by atoms with van der Waals surface area (Å²) in [4.78, 5) is 1.64. The number of hydrogen-bond acceptors (Lipinski definition) is 3. The van der Waals surface area contributed by atoms with E-state index in [-0.39, 0.29) is 9.92 Å². The molecule has 7 heteroatoms. The molecule has 0 unspecified atom stereocenters. The number of benzene rings is 1. The predicted molar refractivity (Wildman–Crippen MR) is 89.4 cm³/mol. The largest absolute Gasteiger partial charge is 0.372 e. The van der Waals surface area contributed by atoms with Gasteiger partial charge in [-0.2, -0.15) is 4.31 Å². The number of halogens is 1. The van der Waals surface area contributed by atoms with Crippen LogP contribution in [0, 0.1) is 0 Å². The topological polar surface area (TPSA) is 51.0 Å². The van der Waals surface area contributed by atoms with Crippen LogP contribution in [0.4, 0.5) is 0 Å². The SMILES string of the molecule is O=S(=O)(c1ccccc1Cl)N1CC[NH+](C[C@H]2CCCCO2)CC1. The monoisotopic (exact) mass is 359 g/mol. The second-order valence-electron chi connectivity index (χ2n) is 6.28. The zero-order valence-corrected chi connectivity index (χ0v) is 14.8. The molecule has 3 rings (SSSR count). The van der Waals surface area contributed by atoms with Crippen molar-refractivity contribution in [3.05, 3.63) is 29.3 Å². The van der Waals surface area contributed by atoms with E-state index >= 15 is 0 Å². The van der Waals surface area contributed by atoms with E-state index in [1.165, 1.54) is 11.3 Å². The highest BCUT2D eigenvalue weighted by Crippen LogP contribution is 2.24. The fraction of sp³-hybridized carbons (Fsp3) is 0.625. The van der Waals surface area contributed by atoms with Crippen molar-refractivity contribution in [3.63, 3.8) is 0 Å². The summed E-state index contributed by atoms with van der Waals surface area (Å²) in [6.07, 6.45) is 3.87. The van der Waals surface area contributed by atoms with Gasteiger partial charge in [0.25, 0.3) is 0 Å². The Kier molecular flexibility index (Phi) is 5.59. The summed E-state index contributed by atoms with van der Waals surface area (Å²) in [6.45, 7) is 4.57. The second kappa shape index (κ2) is 7.49. The van der Waals surface area contributed by atoms with E-state index in [0.717, 1.165) is 39.1 Å². The van der Waals surface area contributed by atoms with E-state index in [4.69, 9.17) is 16.3 Å². The quantitative estimate of drug-likeness (QED) is 0.865. The van der Waals surface area contributed by atoms with Crippen LogP contribution in [0.15, 0.2) is 29.2 Å². The molecular formula is C16H24ClN2O3S+. The molecule has 2 fully saturated rings. The van der Waals surface area contributed by atoms with Gasteiger partial charge in [-0.05, 0) is 31.4 Å². The maximum absolute atomic E-state index is 12.7. The summed E-state index contributed by atoms with van der Waals surface area (Å²) in [7, 11) is -3.49. The molecule has 2 aliphatic heterocycles. The average Bonchev–Trinajstić information content (AvgIpc) is 2.56. The van der Waals surface area contributed by atoms with E-state index in [1.54, 1.807) is 28.6 Å². The molecule has 0 aliphatic carbocycles. The highest BCUT2D eigenvalue weighted by Gasteiger charge is 2.32. The number of nitrogens with one attached hydrogen (secondary N) is 1. The average molecular weight is 360 g/mol. The Morgan fingerprint density at radius 2 is 1.96 bits per heavy atom. The Balaban J connectivity index is 1.59. The molecular weight excluding hydrogens is 336 g/mol. The van der Waals surface area contributed by atoms with E-state index in [9.17, 15) is 8.42 Å². The third kappa shape index (κ3) is 4.06. The van der Waals surface area contributed by atoms with Crippen LogP contribution >= 0.6 is 11.6 Å². The lowest BCUT2D eigenvalue weighted by atomic mass is 10.1. The van der Waals surface area contributed by atoms with Crippen molar-refractivity contribution < 1.29 is 18.1 Å². The van der Waals surface area contributed by atoms with Crippen molar-refractivity contribution >= 4 is 21.6 Å². The van der Waals surface area contributed by atoms with Gasteiger partial charge >= 0.3 is 0 Å². The van der Waals surface area contributed by atoms with Crippen LogP contribution in [-0.2, 0) is 14.8 Å². The van der Waals surface area contributed by atoms with Gasteiger partial charge < -0.3 is 9.64 Å². The van der Waals surface area contributed by atoms with Gasteiger partial charge in [0.2, 0.25) is 10.0 Å². The lowest BCUT2D eigenvalue weighted by Gasteiger charge is -2.34. The van der Waals surface area contributed by atoms with E-state index in [1.807, 2.05) is 0 Å². The third-order valence-electron chi connectivity index (χ3n) is 4.67. The standard InChI is InChI=1S/C16H23ClN2O3S/c17-15-6-1-2-7-16(15)23(20,21)19-10-8-18(9-11-19)13-14-5-3-4-12-22-14/h1-2,6-7,14H,3-5,8-13H2/p+1/t14-/m1/s1. The Bertz CT molecular complexity index is 624. The van der Waals surface area contributed by atoms with Gasteiger partial charge in [-0.3, -0.25) is 0 Å². The van der Waals surface area contributed by atoms with Crippen LogP contribution in [0.2, 0.25) is 5.02 Å². The zero-order chi connectivity index (χ0) is 16.3. The first kappa shape index (κ1) is 17.2. The molecule has 2 aliphatic rings. The van der Waals surface area contributed by atoms with Crippen LogP contribution in [0.3, 0.4) is 0 Å². The normalized spacial score (nSPS) is 24.7. The van der Waals surface area contributed by atoms with Crippen molar-refractivity contribution in [1.82, 2.24) is 4.31 Å². The summed E-state index contributed by atoms with van der Waals surface area (Å²) in [6, 6.07) is 6.65. The van der Waals surface area contributed by atoms with Gasteiger partial charge in [0.05, 0.1) is 31.2 Å². The molecule has 0 bridgehead atoms. The molecule has 128 valence electrons. The summed E-state index contributed by atoms with van der Waals surface area (Å²) in [5, 5.41) is 0.290. The molecule has 23 heavy (non-hydrogen) atoms. The van der Waals surface area contributed by atoms with Crippen molar-refractivity contribution in [2.75, 3.05) is 39.3 Å². The first-order valence-corrected chi connectivity index (χ1v) is 10.1. The maximum atomic E-state index is 12.7. The van der Waals surface area contributed by atoms with Crippen molar-refractivity contribution in [1.29, 1.82) is 0 Å². The maximum Gasteiger partial charge on any atom is 0.244 e. The number of sulfonamides is 1. The molecule has 5 nitrogen and oxygen atoms in total. The van der Waals surface area contributed by atoms with Gasteiger partial charge in [0.15, 0.2) is 0 Å². The van der Waals surface area contributed by atoms with Crippen molar-refractivity contribution in [2.45, 2.75) is 30.3 Å². The predicted octanol–water partition coefficient (Wildman–Crippen LogP) is 0.798. The Morgan fingerprint density at radius 3 is 2.61 bits per heavy atom. The van der Waals surface area contributed by atoms with Crippen LogP contribution in [-0.4, -0.2) is 58.2 Å². The summed E-state index contributed by atoms with van der Waals surface area (Å²) in [5.41, 5.74) is 0. The smallest absolute Gasteiger partial charge is 0.244 e. The minimum Gasteiger partial charge on any atom is -0.372 e. The number of ether oxygens (including phenoxy) is 1. The molecule has 0 radical (unpaired) electrons. The van der Waals surface area contributed by atoms with Crippen LogP contribution < -0.4 is 4.90 Å². The van der Waals surface area contributed by atoms with Crippen LogP contribution in [0.5, 0.6) is 0 Å². The van der Waals surface area contributed by atoms with Gasteiger partial charge in [-0.25, -0.2) is 8.42 Å². The summed E-state index contributed by atoms with van der Waals surface area (Å²) < 4.78 is 32.8. The molecule has 0 aromatic heterocycles. The Labute approximate surface area is 143 Å². The third-order valence-corrected chi connectivity index (χ3v) is 7.07. The highest BCUT2D eigenvalue weighted by atomic mass is 35.5. The lowest BCUT2D eigenvalue weighted by Crippen LogP contribution is -3.15. The molecule has 1 aromatic carbocycles. The molecule has 0 amide bonds. The van der Waals surface area contributed by atoms with E-state index in [2.05, 4.69) is 0 Å². The number of nitrogens with zero attached hydrogens (tertiary/aromatic N) is 1. The minimum atomic E-state index is -3.49. The molecule has 2 saturated heterocycles. The fourth-order valence-corrected chi connectivity index (χ4v) is 5.26. The first-order chi connectivity index (χ1) is 11.1. The molecule has 1 atom stereocenters. The zero-order valence-electron chi connectivity index (χ0n) is 13.2. The molecule has 1 aromatic rings. The van der Waals surface area contributed by atoms with Crippen LogP contribution in [0.1, 0.15) is 19.3 Å². The van der Waals surface area contributed by atoms with Crippen LogP contribution in [0.25, 0.3) is 0 Å². The Hall–Kier alpha value is -0.660. The molecule has 2 heterocycles. The second-order valence-corrected chi connectivity index (χ2v) is 8.59. The summed E-state index contributed by atoms with van der Waals surface area (Å²) in [5.74, 6) is 0. The number of rotatable bonds is 4. The van der Waals surface area contributed by atoms with Crippen molar-refractivity contribution in [3.8, 4) is 0 Å². The first-order valence-electron chi connectivity index (χ1n) is 8.27. The number of piperazine rings is 1. The summed E-state index contributed by atoms with van der Waals surface area (Å²) >= 11 is 6.06. The molecule has 0 saturated carbocycles. The number of quaternary nitrogens is 1. The Morgan fingerprint density at radius 1 is 1.22 bits per heavy atom. The van der Waals surface area contributed by atoms with Gasteiger partial charge in [-0.15, -0.1) is 0 Å². The molecule has 1 N–H and O–H groups in total. The lowest BCUT2D eigenvalue weighted by molar-refractivity contribution is -0.907.